The zero-order valence-electron chi connectivity index (χ0n) is 15.1. The van der Waals surface area contributed by atoms with E-state index in [0.717, 1.165) is 38.4 Å². The van der Waals surface area contributed by atoms with E-state index in [-0.39, 0.29) is 11.7 Å². The van der Waals surface area contributed by atoms with Crippen molar-refractivity contribution in [2.45, 2.75) is 19.3 Å². The van der Waals surface area contributed by atoms with Gasteiger partial charge in [0.05, 0.1) is 4.91 Å². The smallest absolute Gasteiger partial charge is 0.409 e. The minimum absolute atomic E-state index is 0.0655. The van der Waals surface area contributed by atoms with E-state index in [9.17, 15) is 14.0 Å². The molecule has 3 aliphatic heterocycles. The molecule has 9 heteroatoms. The summed E-state index contributed by atoms with van der Waals surface area (Å²) in [6, 6.07) is 3.88. The van der Waals surface area contributed by atoms with Gasteiger partial charge in [-0.1, -0.05) is 6.08 Å². The highest BCUT2D eigenvalue weighted by Gasteiger charge is 2.27. The highest BCUT2D eigenvalue weighted by Crippen LogP contribution is 2.33. The number of hydrazine groups is 1. The Balaban J connectivity index is 1.53. The van der Waals surface area contributed by atoms with E-state index in [4.69, 9.17) is 4.74 Å². The molecule has 3 aliphatic rings. The maximum absolute atomic E-state index is 13.7. The third-order valence-electron chi connectivity index (χ3n) is 4.47. The van der Waals surface area contributed by atoms with Crippen LogP contribution in [-0.2, 0) is 4.79 Å². The molecule has 0 bridgehead atoms. The molecule has 2 amide bonds. The molecule has 0 saturated carbocycles. The molecule has 3 heterocycles. The summed E-state index contributed by atoms with van der Waals surface area (Å²) in [5, 5.41) is 2.47. The van der Waals surface area contributed by atoms with Gasteiger partial charge in [0, 0.05) is 37.5 Å². The van der Waals surface area contributed by atoms with Gasteiger partial charge in [-0.3, -0.25) is 14.7 Å². The first-order valence-electron chi connectivity index (χ1n) is 9.08. The van der Waals surface area contributed by atoms with Crippen LogP contribution in [0.5, 0.6) is 5.75 Å². The van der Waals surface area contributed by atoms with E-state index in [1.54, 1.807) is 12.3 Å². The van der Waals surface area contributed by atoms with Gasteiger partial charge in [0.25, 0.3) is 5.91 Å². The number of hydrogen-bond donors (Lipinski definition) is 1. The summed E-state index contributed by atoms with van der Waals surface area (Å²) in [6.45, 7) is 2.16. The molecule has 1 N–H and O–H groups in total. The number of rotatable bonds is 2. The standard InChI is InChI=1S/C19H19FN4O3S/c20-14-6-5-13(15(12-14)27-19(26)23-8-3-4-9-23)11-16-17(25)22-18(28-16)24-10-2-1-7-21-24/h3,5-6,8,11-12,21H,1-2,4,7,9-10H2/b16-11-. The number of amides is 2. The van der Waals surface area contributed by atoms with Gasteiger partial charge in [-0.05, 0) is 49.2 Å². The lowest BCUT2D eigenvalue weighted by Crippen LogP contribution is -2.45. The molecule has 1 aromatic rings. The fourth-order valence-corrected chi connectivity index (χ4v) is 3.93. The Labute approximate surface area is 165 Å². The Morgan fingerprint density at radius 3 is 2.96 bits per heavy atom. The molecule has 0 aromatic heterocycles. The Kier molecular flexibility index (Phi) is 5.45. The number of benzene rings is 1. The van der Waals surface area contributed by atoms with Crippen LogP contribution < -0.4 is 10.2 Å². The quantitative estimate of drug-likeness (QED) is 0.767. The molecule has 1 aromatic carbocycles. The Morgan fingerprint density at radius 1 is 1.32 bits per heavy atom. The van der Waals surface area contributed by atoms with Gasteiger partial charge in [0.1, 0.15) is 11.6 Å². The summed E-state index contributed by atoms with van der Waals surface area (Å²) in [4.78, 5) is 30.5. The molecule has 1 fully saturated rings. The molecule has 28 heavy (non-hydrogen) atoms. The number of halogens is 1. The molecule has 0 unspecified atom stereocenters. The van der Waals surface area contributed by atoms with Crippen LogP contribution in [0.3, 0.4) is 0 Å². The van der Waals surface area contributed by atoms with E-state index >= 15 is 0 Å². The Hall–Kier alpha value is -2.65. The minimum Gasteiger partial charge on any atom is -0.409 e. The fourth-order valence-electron chi connectivity index (χ4n) is 3.02. The second-order valence-corrected chi connectivity index (χ2v) is 7.50. The van der Waals surface area contributed by atoms with Crippen LogP contribution in [0.4, 0.5) is 9.18 Å². The molecule has 1 saturated heterocycles. The van der Waals surface area contributed by atoms with E-state index in [1.807, 2.05) is 11.1 Å². The van der Waals surface area contributed by atoms with Crippen molar-refractivity contribution in [2.75, 3.05) is 19.6 Å². The van der Waals surface area contributed by atoms with Crippen LogP contribution in [-0.4, -0.2) is 46.7 Å². The van der Waals surface area contributed by atoms with Crippen molar-refractivity contribution in [1.29, 1.82) is 0 Å². The normalized spacial score (nSPS) is 20.8. The molecule has 0 radical (unpaired) electrons. The van der Waals surface area contributed by atoms with Crippen molar-refractivity contribution in [3.8, 4) is 5.75 Å². The van der Waals surface area contributed by atoms with Gasteiger partial charge in [-0.25, -0.2) is 14.6 Å². The largest absolute Gasteiger partial charge is 0.419 e. The summed E-state index contributed by atoms with van der Waals surface area (Å²) >= 11 is 1.25. The van der Waals surface area contributed by atoms with E-state index in [1.165, 1.54) is 28.8 Å². The number of ether oxygens (including phenoxy) is 1. The zero-order chi connectivity index (χ0) is 19.5. The fraction of sp³-hybridized carbons (Fsp3) is 0.316. The Morgan fingerprint density at radius 2 is 2.21 bits per heavy atom. The molecule has 0 aliphatic carbocycles. The van der Waals surface area contributed by atoms with Crippen LogP contribution in [0, 0.1) is 5.82 Å². The van der Waals surface area contributed by atoms with Crippen LogP contribution >= 0.6 is 11.8 Å². The summed E-state index contributed by atoms with van der Waals surface area (Å²) < 4.78 is 19.1. The number of hydrogen-bond acceptors (Lipinski definition) is 6. The second-order valence-electron chi connectivity index (χ2n) is 6.49. The third kappa shape index (κ3) is 4.10. The number of carbonyl (C=O) groups is 2. The third-order valence-corrected chi connectivity index (χ3v) is 5.47. The molecule has 0 atom stereocenters. The minimum atomic E-state index is -0.584. The first kappa shape index (κ1) is 18.7. The monoisotopic (exact) mass is 402 g/mol. The van der Waals surface area contributed by atoms with Crippen molar-refractivity contribution in [1.82, 2.24) is 15.3 Å². The lowest BCUT2D eigenvalue weighted by atomic mass is 10.2. The van der Waals surface area contributed by atoms with Crippen LogP contribution in [0.1, 0.15) is 24.8 Å². The first-order chi connectivity index (χ1) is 13.6. The van der Waals surface area contributed by atoms with Crippen molar-refractivity contribution in [2.24, 2.45) is 4.99 Å². The topological polar surface area (TPSA) is 74.2 Å². The predicted octanol–water partition coefficient (Wildman–Crippen LogP) is 3.11. The van der Waals surface area contributed by atoms with Gasteiger partial charge in [0.2, 0.25) is 0 Å². The summed E-state index contributed by atoms with van der Waals surface area (Å²) in [7, 11) is 0. The summed E-state index contributed by atoms with van der Waals surface area (Å²) in [5.41, 5.74) is 3.66. The Bertz CT molecular complexity index is 893. The average Bonchev–Trinajstić information content (AvgIpc) is 3.35. The van der Waals surface area contributed by atoms with Crippen molar-refractivity contribution >= 4 is 35.0 Å². The van der Waals surface area contributed by atoms with Gasteiger partial charge >= 0.3 is 6.09 Å². The highest BCUT2D eigenvalue weighted by molar-refractivity contribution is 8.18. The molecule has 4 rings (SSSR count). The molecular weight excluding hydrogens is 383 g/mol. The lowest BCUT2D eigenvalue weighted by Gasteiger charge is -2.28. The number of aliphatic imine (C=N–C) groups is 1. The molecule has 146 valence electrons. The number of nitrogens with one attached hydrogen (secondary N) is 1. The predicted molar refractivity (Wildman–Crippen MR) is 105 cm³/mol. The first-order valence-corrected chi connectivity index (χ1v) is 9.90. The van der Waals surface area contributed by atoms with Gasteiger partial charge in [-0.2, -0.15) is 4.99 Å². The number of carbonyl (C=O) groups excluding carboxylic acids is 2. The number of thioether (sulfide) groups is 1. The highest BCUT2D eigenvalue weighted by atomic mass is 32.2. The van der Waals surface area contributed by atoms with Gasteiger partial charge in [-0.15, -0.1) is 0 Å². The maximum atomic E-state index is 13.7. The van der Waals surface area contributed by atoms with Gasteiger partial charge < -0.3 is 4.74 Å². The summed E-state index contributed by atoms with van der Waals surface area (Å²) in [5.74, 6) is -0.825. The zero-order valence-corrected chi connectivity index (χ0v) is 15.9. The maximum Gasteiger partial charge on any atom is 0.419 e. The molecule has 0 spiro atoms. The number of amidine groups is 1. The molecule has 7 nitrogen and oxygen atoms in total. The van der Waals surface area contributed by atoms with E-state index in [0.29, 0.717) is 22.2 Å². The SMILES string of the molecule is O=C1N=C(N2CCCCN2)S/C1=C\c1ccc(F)cc1OC(=O)N1C=CCC1. The van der Waals surface area contributed by atoms with E-state index < -0.39 is 11.9 Å². The summed E-state index contributed by atoms with van der Waals surface area (Å²) in [6.07, 6.45) is 7.36. The average molecular weight is 402 g/mol. The van der Waals surface area contributed by atoms with Crippen molar-refractivity contribution in [3.63, 3.8) is 0 Å². The second kappa shape index (κ2) is 8.15. The lowest BCUT2D eigenvalue weighted by molar-refractivity contribution is -0.113. The van der Waals surface area contributed by atoms with Crippen molar-refractivity contribution in [3.05, 3.63) is 46.8 Å². The molecular formula is C19H19FN4O3S. The van der Waals surface area contributed by atoms with E-state index in [2.05, 4.69) is 10.4 Å². The van der Waals surface area contributed by atoms with Crippen molar-refractivity contribution < 1.29 is 18.7 Å². The van der Waals surface area contributed by atoms with Crippen LogP contribution in [0.15, 0.2) is 40.4 Å². The van der Waals surface area contributed by atoms with Crippen LogP contribution in [0.2, 0.25) is 0 Å². The van der Waals surface area contributed by atoms with Gasteiger partial charge in [0.15, 0.2) is 5.17 Å². The van der Waals surface area contributed by atoms with Crippen LogP contribution in [0.25, 0.3) is 6.08 Å². The number of nitrogens with zero attached hydrogens (tertiary/aromatic N) is 3.